The molecule has 1 saturated heterocycles. The maximum atomic E-state index is 11.0. The van der Waals surface area contributed by atoms with E-state index in [9.17, 15) is 15.2 Å². The summed E-state index contributed by atoms with van der Waals surface area (Å²) in [4.78, 5) is 25.1. The van der Waals surface area contributed by atoms with E-state index < -0.39 is 0 Å². The SMILES string of the molecule is CCC(O)CN1CCN(c2nc(-c3ccccc3)nc(C)c2Cc2ccc([N+](=O)[O-])cc2)CC1. The van der Waals surface area contributed by atoms with Crippen LogP contribution in [0.25, 0.3) is 11.4 Å². The standard InChI is InChI=1S/C26H31N5O3/c1-3-23(32)18-29-13-15-30(16-14-29)26-24(17-20-9-11-22(12-10-20)31(33)34)19(2)27-25(28-26)21-7-5-4-6-8-21/h4-12,23,32H,3,13-18H2,1-2H3. The van der Waals surface area contributed by atoms with Crippen LogP contribution in [0.3, 0.4) is 0 Å². The van der Waals surface area contributed by atoms with Gasteiger partial charge in [-0.05, 0) is 18.9 Å². The third-order valence-electron chi connectivity index (χ3n) is 6.36. The van der Waals surface area contributed by atoms with Crippen molar-refractivity contribution in [1.29, 1.82) is 0 Å². The Labute approximate surface area is 200 Å². The largest absolute Gasteiger partial charge is 0.392 e. The van der Waals surface area contributed by atoms with Crippen molar-refractivity contribution in [3.05, 3.63) is 81.5 Å². The lowest BCUT2D eigenvalue weighted by Crippen LogP contribution is -2.49. The Kier molecular flexibility index (Phi) is 7.49. The molecule has 0 spiro atoms. The van der Waals surface area contributed by atoms with Crippen molar-refractivity contribution in [1.82, 2.24) is 14.9 Å². The minimum Gasteiger partial charge on any atom is -0.392 e. The molecule has 34 heavy (non-hydrogen) atoms. The van der Waals surface area contributed by atoms with Crippen molar-refractivity contribution < 1.29 is 10.0 Å². The molecule has 3 aromatic rings. The van der Waals surface area contributed by atoms with Crippen LogP contribution in [0, 0.1) is 17.0 Å². The van der Waals surface area contributed by atoms with Crippen LogP contribution in [0.15, 0.2) is 54.6 Å². The van der Waals surface area contributed by atoms with E-state index in [4.69, 9.17) is 9.97 Å². The van der Waals surface area contributed by atoms with E-state index in [-0.39, 0.29) is 16.7 Å². The van der Waals surface area contributed by atoms with Crippen LogP contribution >= 0.6 is 0 Å². The summed E-state index contributed by atoms with van der Waals surface area (Å²) in [5.41, 5.74) is 3.98. The maximum Gasteiger partial charge on any atom is 0.269 e. The minimum atomic E-state index is -0.382. The molecule has 2 heterocycles. The number of aromatic nitrogens is 2. The Morgan fingerprint density at radius 1 is 1.03 bits per heavy atom. The molecule has 1 aliphatic rings. The van der Waals surface area contributed by atoms with Gasteiger partial charge < -0.3 is 10.0 Å². The number of benzene rings is 2. The lowest BCUT2D eigenvalue weighted by molar-refractivity contribution is -0.384. The fourth-order valence-electron chi connectivity index (χ4n) is 4.27. The van der Waals surface area contributed by atoms with Crippen LogP contribution < -0.4 is 4.90 Å². The Morgan fingerprint density at radius 3 is 2.32 bits per heavy atom. The van der Waals surface area contributed by atoms with Gasteiger partial charge in [-0.1, -0.05) is 49.4 Å². The number of hydrogen-bond donors (Lipinski definition) is 1. The number of anilines is 1. The monoisotopic (exact) mass is 461 g/mol. The number of hydrogen-bond acceptors (Lipinski definition) is 7. The van der Waals surface area contributed by atoms with Crippen LogP contribution in [0.5, 0.6) is 0 Å². The van der Waals surface area contributed by atoms with E-state index in [1.807, 2.05) is 44.2 Å². The van der Waals surface area contributed by atoms with Crippen LogP contribution in [-0.4, -0.2) is 63.7 Å². The number of aliphatic hydroxyl groups excluding tert-OH is 1. The van der Waals surface area contributed by atoms with E-state index in [2.05, 4.69) is 9.80 Å². The Balaban J connectivity index is 1.64. The second-order valence-electron chi connectivity index (χ2n) is 8.75. The number of piperazine rings is 1. The van der Waals surface area contributed by atoms with Crippen molar-refractivity contribution in [2.24, 2.45) is 0 Å². The van der Waals surface area contributed by atoms with Gasteiger partial charge in [0.05, 0.1) is 11.0 Å². The fourth-order valence-corrected chi connectivity index (χ4v) is 4.27. The van der Waals surface area contributed by atoms with Crippen molar-refractivity contribution >= 4 is 11.5 Å². The van der Waals surface area contributed by atoms with Crippen molar-refractivity contribution in [3.8, 4) is 11.4 Å². The molecule has 0 radical (unpaired) electrons. The van der Waals surface area contributed by atoms with Crippen LogP contribution in [0.4, 0.5) is 11.5 Å². The average molecular weight is 462 g/mol. The van der Waals surface area contributed by atoms with E-state index in [0.29, 0.717) is 18.8 Å². The van der Waals surface area contributed by atoms with Crippen LogP contribution in [0.1, 0.15) is 30.2 Å². The summed E-state index contributed by atoms with van der Waals surface area (Å²) in [5.74, 6) is 1.62. The highest BCUT2D eigenvalue weighted by atomic mass is 16.6. The summed E-state index contributed by atoms with van der Waals surface area (Å²) in [5, 5.41) is 21.1. The maximum absolute atomic E-state index is 11.0. The molecule has 1 aromatic heterocycles. The summed E-state index contributed by atoms with van der Waals surface area (Å²) in [6, 6.07) is 16.7. The topological polar surface area (TPSA) is 95.6 Å². The molecule has 8 nitrogen and oxygen atoms in total. The van der Waals surface area contributed by atoms with Gasteiger partial charge in [0.1, 0.15) is 5.82 Å². The highest BCUT2D eigenvalue weighted by molar-refractivity contribution is 5.61. The van der Waals surface area contributed by atoms with Gasteiger partial charge in [-0.15, -0.1) is 0 Å². The van der Waals surface area contributed by atoms with Crippen LogP contribution in [-0.2, 0) is 6.42 Å². The smallest absolute Gasteiger partial charge is 0.269 e. The minimum absolute atomic E-state index is 0.0850. The Hall–Kier alpha value is -3.36. The number of nitro groups is 1. The van der Waals surface area contributed by atoms with Gasteiger partial charge in [0, 0.05) is 68.1 Å². The quantitative estimate of drug-likeness (QED) is 0.402. The van der Waals surface area contributed by atoms with Gasteiger partial charge in [-0.2, -0.15) is 0 Å². The zero-order chi connectivity index (χ0) is 24.1. The summed E-state index contributed by atoms with van der Waals surface area (Å²) in [7, 11) is 0. The first-order chi connectivity index (χ1) is 16.4. The first-order valence-corrected chi connectivity index (χ1v) is 11.8. The number of rotatable bonds is 8. The molecule has 1 aliphatic heterocycles. The zero-order valence-corrected chi connectivity index (χ0v) is 19.7. The molecule has 1 fully saturated rings. The third-order valence-corrected chi connectivity index (χ3v) is 6.36. The number of aliphatic hydroxyl groups is 1. The molecule has 1 N–H and O–H groups in total. The molecule has 0 bridgehead atoms. The molecule has 1 atom stereocenters. The molecule has 8 heteroatoms. The van der Waals surface area contributed by atoms with Crippen molar-refractivity contribution in [3.63, 3.8) is 0 Å². The fraction of sp³-hybridized carbons (Fsp3) is 0.385. The molecule has 0 saturated carbocycles. The second kappa shape index (κ2) is 10.7. The Morgan fingerprint density at radius 2 is 1.71 bits per heavy atom. The number of non-ortho nitro benzene ring substituents is 1. The summed E-state index contributed by atoms with van der Waals surface area (Å²) in [6.45, 7) is 8.04. The van der Waals surface area contributed by atoms with Crippen LogP contribution in [0.2, 0.25) is 0 Å². The predicted octanol–water partition coefficient (Wildman–Crippen LogP) is 3.84. The van der Waals surface area contributed by atoms with Gasteiger partial charge in [-0.3, -0.25) is 15.0 Å². The van der Waals surface area contributed by atoms with E-state index in [1.54, 1.807) is 24.3 Å². The third kappa shape index (κ3) is 5.58. The number of β-amino-alcohol motifs (C(OH)–C–C–N with tert-alkyl or cyclic N) is 1. The second-order valence-corrected chi connectivity index (χ2v) is 8.75. The highest BCUT2D eigenvalue weighted by Gasteiger charge is 2.24. The predicted molar refractivity (Wildman–Crippen MR) is 133 cm³/mol. The van der Waals surface area contributed by atoms with Gasteiger partial charge >= 0.3 is 0 Å². The Bertz CT molecular complexity index is 1110. The van der Waals surface area contributed by atoms with Gasteiger partial charge in [-0.25, -0.2) is 9.97 Å². The first-order valence-electron chi connectivity index (χ1n) is 11.8. The van der Waals surface area contributed by atoms with Gasteiger partial charge in [0.25, 0.3) is 5.69 Å². The zero-order valence-electron chi connectivity index (χ0n) is 19.7. The molecule has 4 rings (SSSR count). The molecule has 0 aliphatic carbocycles. The molecular formula is C26H31N5O3. The van der Waals surface area contributed by atoms with E-state index in [0.717, 1.165) is 60.8 Å². The number of nitrogens with zero attached hydrogens (tertiary/aromatic N) is 5. The molecule has 1 unspecified atom stereocenters. The average Bonchev–Trinajstić information content (AvgIpc) is 2.86. The highest BCUT2D eigenvalue weighted by Crippen LogP contribution is 2.29. The van der Waals surface area contributed by atoms with Crippen molar-refractivity contribution in [2.45, 2.75) is 32.8 Å². The summed E-state index contributed by atoms with van der Waals surface area (Å²) >= 11 is 0. The lowest BCUT2D eigenvalue weighted by atomic mass is 10.0. The normalized spacial score (nSPS) is 15.3. The van der Waals surface area contributed by atoms with E-state index >= 15 is 0 Å². The number of nitro benzene ring substituents is 1. The molecular weight excluding hydrogens is 430 g/mol. The lowest BCUT2D eigenvalue weighted by Gasteiger charge is -2.37. The molecule has 178 valence electrons. The van der Waals surface area contributed by atoms with Gasteiger partial charge in [0.15, 0.2) is 5.82 Å². The summed E-state index contributed by atoms with van der Waals surface area (Å²) < 4.78 is 0. The molecule has 2 aromatic carbocycles. The van der Waals surface area contributed by atoms with Crippen molar-refractivity contribution in [2.75, 3.05) is 37.6 Å². The van der Waals surface area contributed by atoms with Gasteiger partial charge in [0.2, 0.25) is 0 Å². The first kappa shape index (κ1) is 23.8. The number of aryl methyl sites for hydroxylation is 1. The summed E-state index contributed by atoms with van der Waals surface area (Å²) in [6.07, 6.45) is 1.06. The molecule has 0 amide bonds. The van der Waals surface area contributed by atoms with E-state index in [1.165, 1.54) is 0 Å².